The van der Waals surface area contributed by atoms with Crippen molar-refractivity contribution in [2.75, 3.05) is 26.2 Å². The van der Waals surface area contributed by atoms with Gasteiger partial charge in [0.1, 0.15) is 16.4 Å². The molecule has 1 aliphatic rings. The summed E-state index contributed by atoms with van der Waals surface area (Å²) in [7, 11) is 5.55. The summed E-state index contributed by atoms with van der Waals surface area (Å²) in [6.07, 6.45) is 0. The number of fused-ring (bicyclic) bond motifs is 1. The Morgan fingerprint density at radius 1 is 0.731 bits per heavy atom. The Morgan fingerprint density at radius 3 is 1.69 bits per heavy atom. The van der Waals surface area contributed by atoms with Crippen molar-refractivity contribution >= 4 is 17.4 Å². The van der Waals surface area contributed by atoms with E-state index in [0.717, 1.165) is 11.5 Å². The van der Waals surface area contributed by atoms with Crippen LogP contribution in [0.1, 0.15) is 11.1 Å². The van der Waals surface area contributed by atoms with Gasteiger partial charge >= 0.3 is 0 Å². The van der Waals surface area contributed by atoms with Gasteiger partial charge in [0.2, 0.25) is 0 Å². The van der Waals surface area contributed by atoms with E-state index in [-0.39, 0.29) is 4.87 Å². The van der Waals surface area contributed by atoms with Gasteiger partial charge < -0.3 is 14.4 Å². The van der Waals surface area contributed by atoms with Gasteiger partial charge in [-0.05, 0) is 47.5 Å². The van der Waals surface area contributed by atoms with Crippen LogP contribution in [0.2, 0.25) is 0 Å². The molecule has 3 nitrogen and oxygen atoms in total. The Balaban J connectivity index is 1.89. The second-order valence-electron chi connectivity index (χ2n) is 6.23. The molecule has 4 rings (SSSR count). The van der Waals surface area contributed by atoms with E-state index in [1.807, 2.05) is 36.0 Å². The molecule has 0 amide bonds. The first kappa shape index (κ1) is 16.9. The van der Waals surface area contributed by atoms with Crippen LogP contribution in [0.4, 0.5) is 5.69 Å². The summed E-state index contributed by atoms with van der Waals surface area (Å²) in [4.78, 5) is 3.31. The highest BCUT2D eigenvalue weighted by Gasteiger charge is 2.45. The molecule has 3 aromatic carbocycles. The minimum absolute atomic E-state index is 0.331. The van der Waals surface area contributed by atoms with Crippen molar-refractivity contribution in [1.82, 2.24) is 0 Å². The maximum absolute atomic E-state index is 5.35. The lowest BCUT2D eigenvalue weighted by Crippen LogP contribution is -2.39. The number of rotatable bonds is 4. The molecule has 0 fully saturated rings. The molecule has 0 radical (unpaired) electrons. The Morgan fingerprint density at radius 2 is 1.23 bits per heavy atom. The Kier molecular flexibility index (Phi) is 4.29. The highest BCUT2D eigenvalue weighted by atomic mass is 32.2. The van der Waals surface area contributed by atoms with Gasteiger partial charge in [-0.25, -0.2) is 0 Å². The van der Waals surface area contributed by atoms with E-state index in [1.165, 1.54) is 21.7 Å². The van der Waals surface area contributed by atoms with Crippen LogP contribution in [0.3, 0.4) is 0 Å². The highest BCUT2D eigenvalue weighted by molar-refractivity contribution is 8.01. The zero-order chi connectivity index (χ0) is 18.1. The normalized spacial score (nSPS) is 14.8. The predicted octanol–water partition coefficient (Wildman–Crippen LogP) is 5.15. The summed E-state index contributed by atoms with van der Waals surface area (Å²) in [5, 5.41) is 0. The Hall–Kier alpha value is -2.59. The summed E-state index contributed by atoms with van der Waals surface area (Å²) < 4.78 is 10.7. The third-order valence-corrected chi connectivity index (χ3v) is 6.53. The molecule has 0 unspecified atom stereocenters. The lowest BCUT2D eigenvalue weighted by Gasteiger charge is -2.38. The minimum Gasteiger partial charge on any atom is -0.497 e. The van der Waals surface area contributed by atoms with Crippen LogP contribution < -0.4 is 14.4 Å². The maximum atomic E-state index is 5.35. The number of para-hydroxylation sites is 1. The molecular formula is C22H21NO2S. The molecule has 0 saturated carbocycles. The average Bonchev–Trinajstić information content (AvgIpc) is 3.02. The number of hydrogen-bond donors (Lipinski definition) is 0. The summed E-state index contributed by atoms with van der Waals surface area (Å²) >= 11 is 1.87. The number of ether oxygens (including phenoxy) is 2. The smallest absolute Gasteiger partial charge is 0.142 e. The second kappa shape index (κ2) is 6.61. The van der Waals surface area contributed by atoms with Crippen LogP contribution in [-0.4, -0.2) is 21.3 Å². The van der Waals surface area contributed by atoms with Crippen molar-refractivity contribution < 1.29 is 9.47 Å². The number of benzene rings is 3. The molecule has 0 spiro atoms. The molecule has 0 aromatic heterocycles. The standard InChI is InChI=1S/C22H21NO2S/c1-23-20-6-4-5-7-21(20)26-22(23,16-8-12-18(24-2)13-9-16)17-10-14-19(25-3)15-11-17/h4-15H,1-3H3. The summed E-state index contributed by atoms with van der Waals surface area (Å²) in [6.45, 7) is 0. The number of anilines is 1. The Labute approximate surface area is 158 Å². The molecule has 0 bridgehead atoms. The van der Waals surface area contributed by atoms with E-state index in [0.29, 0.717) is 0 Å². The topological polar surface area (TPSA) is 21.7 Å². The highest BCUT2D eigenvalue weighted by Crippen LogP contribution is 2.58. The fraction of sp³-hybridized carbons (Fsp3) is 0.182. The number of hydrogen-bond acceptors (Lipinski definition) is 4. The molecule has 3 aromatic rings. The van der Waals surface area contributed by atoms with Crippen LogP contribution in [0, 0.1) is 0 Å². The molecule has 1 heterocycles. The molecule has 132 valence electrons. The van der Waals surface area contributed by atoms with Gasteiger partial charge in [-0.1, -0.05) is 48.2 Å². The molecule has 0 N–H and O–H groups in total. The fourth-order valence-electron chi connectivity index (χ4n) is 3.52. The first-order valence-electron chi connectivity index (χ1n) is 8.50. The van der Waals surface area contributed by atoms with E-state index >= 15 is 0 Å². The van der Waals surface area contributed by atoms with Crippen LogP contribution in [0.5, 0.6) is 11.5 Å². The fourth-order valence-corrected chi connectivity index (χ4v) is 5.04. The third kappa shape index (κ3) is 2.53. The summed E-state index contributed by atoms with van der Waals surface area (Å²) in [5.41, 5.74) is 3.67. The summed E-state index contributed by atoms with van der Waals surface area (Å²) in [5.74, 6) is 1.73. The molecular weight excluding hydrogens is 342 g/mol. The van der Waals surface area contributed by atoms with Crippen molar-refractivity contribution in [3.05, 3.63) is 83.9 Å². The van der Waals surface area contributed by atoms with Crippen molar-refractivity contribution in [1.29, 1.82) is 0 Å². The van der Waals surface area contributed by atoms with Crippen molar-refractivity contribution in [2.24, 2.45) is 0 Å². The largest absolute Gasteiger partial charge is 0.497 e. The SMILES string of the molecule is COc1ccc(C2(c3ccc(OC)cc3)Sc3ccccc3N2C)cc1. The zero-order valence-electron chi connectivity index (χ0n) is 15.1. The first-order chi connectivity index (χ1) is 12.7. The summed E-state index contributed by atoms with van der Waals surface area (Å²) in [6, 6.07) is 25.3. The second-order valence-corrected chi connectivity index (χ2v) is 7.46. The number of thioether (sulfide) groups is 1. The number of methoxy groups -OCH3 is 2. The molecule has 0 atom stereocenters. The maximum Gasteiger partial charge on any atom is 0.142 e. The minimum atomic E-state index is -0.331. The molecule has 1 aliphatic heterocycles. The quantitative estimate of drug-likeness (QED) is 0.639. The van der Waals surface area contributed by atoms with Crippen LogP contribution >= 0.6 is 11.8 Å². The monoisotopic (exact) mass is 363 g/mol. The van der Waals surface area contributed by atoms with E-state index in [1.54, 1.807) is 14.2 Å². The van der Waals surface area contributed by atoms with E-state index in [2.05, 4.69) is 60.5 Å². The van der Waals surface area contributed by atoms with Gasteiger partial charge in [-0.2, -0.15) is 0 Å². The zero-order valence-corrected chi connectivity index (χ0v) is 15.9. The van der Waals surface area contributed by atoms with Crippen LogP contribution in [0.25, 0.3) is 0 Å². The lowest BCUT2D eigenvalue weighted by atomic mass is 9.95. The van der Waals surface area contributed by atoms with Crippen molar-refractivity contribution in [2.45, 2.75) is 9.77 Å². The van der Waals surface area contributed by atoms with Crippen LogP contribution in [0.15, 0.2) is 77.7 Å². The third-order valence-electron chi connectivity index (χ3n) is 4.92. The predicted molar refractivity (Wildman–Crippen MR) is 107 cm³/mol. The lowest BCUT2D eigenvalue weighted by molar-refractivity contribution is 0.414. The van der Waals surface area contributed by atoms with Crippen LogP contribution in [-0.2, 0) is 4.87 Å². The van der Waals surface area contributed by atoms with Gasteiger partial charge in [0.25, 0.3) is 0 Å². The molecule has 0 saturated heterocycles. The molecule has 4 heteroatoms. The van der Waals surface area contributed by atoms with E-state index in [4.69, 9.17) is 9.47 Å². The van der Waals surface area contributed by atoms with E-state index < -0.39 is 0 Å². The van der Waals surface area contributed by atoms with Gasteiger partial charge in [0.15, 0.2) is 0 Å². The van der Waals surface area contributed by atoms with Gasteiger partial charge in [-0.15, -0.1) is 0 Å². The Bertz CT molecular complexity index is 859. The first-order valence-corrected chi connectivity index (χ1v) is 9.31. The van der Waals surface area contributed by atoms with Crippen molar-refractivity contribution in [3.8, 4) is 11.5 Å². The number of nitrogens with zero attached hydrogens (tertiary/aromatic N) is 1. The van der Waals surface area contributed by atoms with Gasteiger partial charge in [-0.3, -0.25) is 0 Å². The molecule has 0 aliphatic carbocycles. The van der Waals surface area contributed by atoms with Gasteiger partial charge in [0.05, 0.1) is 19.9 Å². The van der Waals surface area contributed by atoms with Crippen molar-refractivity contribution in [3.63, 3.8) is 0 Å². The van der Waals surface area contributed by atoms with E-state index in [9.17, 15) is 0 Å². The van der Waals surface area contributed by atoms with Gasteiger partial charge in [0, 0.05) is 11.9 Å². The average molecular weight is 363 g/mol. The molecule has 26 heavy (non-hydrogen) atoms.